The summed E-state index contributed by atoms with van der Waals surface area (Å²) in [5, 5.41) is 1.88. The summed E-state index contributed by atoms with van der Waals surface area (Å²) >= 11 is 1.49. The molecule has 3 nitrogen and oxygen atoms in total. The van der Waals surface area contributed by atoms with Crippen molar-refractivity contribution in [2.75, 3.05) is 0 Å². The van der Waals surface area contributed by atoms with Crippen molar-refractivity contribution in [2.45, 2.75) is 29.7 Å². The molecule has 0 N–H and O–H groups in total. The highest BCUT2D eigenvalue weighted by Gasteiger charge is 2.32. The van der Waals surface area contributed by atoms with Crippen molar-refractivity contribution in [1.29, 1.82) is 0 Å². The van der Waals surface area contributed by atoms with Crippen molar-refractivity contribution in [3.05, 3.63) is 36.4 Å². The Balaban J connectivity index is 1.84. The van der Waals surface area contributed by atoms with Crippen LogP contribution >= 0.6 is 11.8 Å². The van der Waals surface area contributed by atoms with Crippen molar-refractivity contribution < 1.29 is 9.53 Å². The molecular weight excluding hydrogens is 246 g/mol. The Morgan fingerprint density at radius 2 is 2.11 bits per heavy atom. The first-order chi connectivity index (χ1) is 8.72. The Kier molecular flexibility index (Phi) is 2.96. The molecule has 2 atom stereocenters. The zero-order valence-corrected chi connectivity index (χ0v) is 10.8. The quantitative estimate of drug-likeness (QED) is 0.777. The smallest absolute Gasteiger partial charge is 0.319 e. The molecule has 0 spiro atoms. The third kappa shape index (κ3) is 2.20. The maximum atomic E-state index is 11.6. The van der Waals surface area contributed by atoms with Gasteiger partial charge in [0, 0.05) is 11.8 Å². The van der Waals surface area contributed by atoms with Crippen LogP contribution in [0.1, 0.15) is 13.3 Å². The topological polar surface area (TPSA) is 39.2 Å². The molecule has 0 saturated carbocycles. The van der Waals surface area contributed by atoms with Gasteiger partial charge in [-0.15, -0.1) is 0 Å². The number of carbonyl (C=O) groups is 1. The summed E-state index contributed by atoms with van der Waals surface area (Å²) in [4.78, 5) is 16.1. The summed E-state index contributed by atoms with van der Waals surface area (Å²) in [5.74, 6) is -0.123. The highest BCUT2D eigenvalue weighted by molar-refractivity contribution is 8.00. The van der Waals surface area contributed by atoms with E-state index in [0.717, 1.165) is 22.3 Å². The van der Waals surface area contributed by atoms with Crippen LogP contribution in [0.2, 0.25) is 0 Å². The van der Waals surface area contributed by atoms with E-state index < -0.39 is 0 Å². The van der Waals surface area contributed by atoms with Gasteiger partial charge in [-0.05, 0) is 19.1 Å². The minimum atomic E-state index is -0.123. The molecule has 1 saturated heterocycles. The third-order valence-corrected chi connectivity index (χ3v) is 4.10. The molecule has 0 radical (unpaired) electrons. The zero-order chi connectivity index (χ0) is 12.5. The molecule has 2 heterocycles. The molecular formula is C14H13NO2S. The molecule has 0 unspecified atom stereocenters. The van der Waals surface area contributed by atoms with Crippen LogP contribution in [0.25, 0.3) is 10.9 Å². The molecule has 3 rings (SSSR count). The van der Waals surface area contributed by atoms with Crippen LogP contribution in [0, 0.1) is 0 Å². The monoisotopic (exact) mass is 259 g/mol. The van der Waals surface area contributed by atoms with Crippen LogP contribution < -0.4 is 0 Å². The SMILES string of the molecule is C[C@@H]1C[C@H](Sc2ccc3ccccc3n2)C(=O)O1. The number of benzene rings is 1. The molecule has 4 heteroatoms. The molecule has 1 aliphatic heterocycles. The molecule has 92 valence electrons. The van der Waals surface area contributed by atoms with E-state index in [1.54, 1.807) is 0 Å². The van der Waals surface area contributed by atoms with Crippen LogP contribution in [0.15, 0.2) is 41.4 Å². The van der Waals surface area contributed by atoms with E-state index in [0.29, 0.717) is 0 Å². The summed E-state index contributed by atoms with van der Waals surface area (Å²) in [6, 6.07) is 12.0. The molecule has 0 bridgehead atoms. The average Bonchev–Trinajstić information content (AvgIpc) is 2.68. The highest BCUT2D eigenvalue weighted by Crippen LogP contribution is 2.31. The minimum absolute atomic E-state index is 0.0236. The van der Waals surface area contributed by atoms with E-state index >= 15 is 0 Å². The number of carbonyl (C=O) groups excluding carboxylic acids is 1. The molecule has 1 fully saturated rings. The second-order valence-electron chi connectivity index (χ2n) is 4.43. The number of nitrogens with zero attached hydrogens (tertiary/aromatic N) is 1. The Bertz CT molecular complexity index is 599. The third-order valence-electron chi connectivity index (χ3n) is 2.96. The number of hydrogen-bond acceptors (Lipinski definition) is 4. The fourth-order valence-corrected chi connectivity index (χ4v) is 3.18. The predicted molar refractivity (Wildman–Crippen MR) is 71.6 cm³/mol. The lowest BCUT2D eigenvalue weighted by atomic mass is 10.2. The van der Waals surface area contributed by atoms with Gasteiger partial charge in [-0.2, -0.15) is 0 Å². The number of rotatable bonds is 2. The van der Waals surface area contributed by atoms with Crippen molar-refractivity contribution in [3.63, 3.8) is 0 Å². The van der Waals surface area contributed by atoms with Gasteiger partial charge in [-0.3, -0.25) is 4.79 Å². The highest BCUT2D eigenvalue weighted by atomic mass is 32.2. The number of ether oxygens (including phenoxy) is 1. The zero-order valence-electron chi connectivity index (χ0n) is 10.00. The molecule has 0 aliphatic carbocycles. The van der Waals surface area contributed by atoms with Crippen LogP contribution in [0.5, 0.6) is 0 Å². The summed E-state index contributed by atoms with van der Waals surface area (Å²) < 4.78 is 5.15. The molecule has 0 amide bonds. The fraction of sp³-hybridized carbons (Fsp3) is 0.286. The Hall–Kier alpha value is -1.55. The van der Waals surface area contributed by atoms with Crippen molar-refractivity contribution >= 4 is 28.6 Å². The normalized spacial score (nSPS) is 23.3. The minimum Gasteiger partial charge on any atom is -0.462 e. The average molecular weight is 259 g/mol. The second kappa shape index (κ2) is 4.61. The van der Waals surface area contributed by atoms with E-state index in [2.05, 4.69) is 4.98 Å². The maximum Gasteiger partial charge on any atom is 0.319 e. The first-order valence-corrected chi connectivity index (χ1v) is 6.83. The standard InChI is InChI=1S/C14H13NO2S/c1-9-8-12(14(16)17-9)18-13-7-6-10-4-2-3-5-11(10)15-13/h2-7,9,12H,8H2,1H3/t9-,12+/m1/s1. The van der Waals surface area contributed by atoms with E-state index in [4.69, 9.17) is 4.74 Å². The van der Waals surface area contributed by atoms with Gasteiger partial charge in [0.25, 0.3) is 0 Å². The number of hydrogen-bond donors (Lipinski definition) is 0. The number of pyridine rings is 1. The number of para-hydroxylation sites is 1. The lowest BCUT2D eigenvalue weighted by Crippen LogP contribution is -2.09. The van der Waals surface area contributed by atoms with E-state index in [-0.39, 0.29) is 17.3 Å². The molecule has 1 aromatic heterocycles. The van der Waals surface area contributed by atoms with Gasteiger partial charge in [-0.1, -0.05) is 36.0 Å². The number of esters is 1. The summed E-state index contributed by atoms with van der Waals surface area (Å²) in [6.07, 6.45) is 0.785. The van der Waals surface area contributed by atoms with Gasteiger partial charge in [0.05, 0.1) is 10.5 Å². The van der Waals surface area contributed by atoms with Gasteiger partial charge in [-0.25, -0.2) is 4.98 Å². The second-order valence-corrected chi connectivity index (χ2v) is 5.65. The van der Waals surface area contributed by atoms with Gasteiger partial charge < -0.3 is 4.74 Å². The Morgan fingerprint density at radius 1 is 1.28 bits per heavy atom. The first kappa shape index (κ1) is 11.5. The van der Waals surface area contributed by atoms with Crippen LogP contribution in [0.4, 0.5) is 0 Å². The summed E-state index contributed by atoms with van der Waals surface area (Å²) in [5.41, 5.74) is 0.960. The van der Waals surface area contributed by atoms with Gasteiger partial charge in [0.2, 0.25) is 0 Å². The van der Waals surface area contributed by atoms with Gasteiger partial charge in [0.15, 0.2) is 0 Å². The molecule has 2 aromatic rings. The predicted octanol–water partition coefficient (Wildman–Crippen LogP) is 3.03. The number of aromatic nitrogens is 1. The fourth-order valence-electron chi connectivity index (χ4n) is 2.07. The summed E-state index contributed by atoms with van der Waals surface area (Å²) in [7, 11) is 0. The first-order valence-electron chi connectivity index (χ1n) is 5.95. The van der Waals surface area contributed by atoms with Crippen LogP contribution in [-0.4, -0.2) is 22.3 Å². The maximum absolute atomic E-state index is 11.6. The Morgan fingerprint density at radius 3 is 2.89 bits per heavy atom. The molecule has 18 heavy (non-hydrogen) atoms. The molecule has 1 aliphatic rings. The largest absolute Gasteiger partial charge is 0.462 e. The lowest BCUT2D eigenvalue weighted by molar-refractivity contribution is -0.140. The van der Waals surface area contributed by atoms with Crippen molar-refractivity contribution in [1.82, 2.24) is 4.98 Å². The van der Waals surface area contributed by atoms with Crippen molar-refractivity contribution in [2.24, 2.45) is 0 Å². The van der Waals surface area contributed by atoms with Gasteiger partial charge >= 0.3 is 5.97 Å². The number of cyclic esters (lactones) is 1. The number of thioether (sulfide) groups is 1. The number of fused-ring (bicyclic) bond motifs is 1. The Labute approximate surface area is 110 Å². The van der Waals surface area contributed by atoms with Crippen LogP contribution in [-0.2, 0) is 9.53 Å². The van der Waals surface area contributed by atoms with Crippen molar-refractivity contribution in [3.8, 4) is 0 Å². The summed E-state index contributed by atoms with van der Waals surface area (Å²) in [6.45, 7) is 1.92. The molecule has 1 aromatic carbocycles. The van der Waals surface area contributed by atoms with E-state index in [1.807, 2.05) is 43.3 Å². The van der Waals surface area contributed by atoms with E-state index in [9.17, 15) is 4.79 Å². The van der Waals surface area contributed by atoms with E-state index in [1.165, 1.54) is 11.8 Å². The van der Waals surface area contributed by atoms with Gasteiger partial charge in [0.1, 0.15) is 11.4 Å². The van der Waals surface area contributed by atoms with Crippen LogP contribution in [0.3, 0.4) is 0 Å². The lowest BCUT2D eigenvalue weighted by Gasteiger charge is -2.05.